The Morgan fingerprint density at radius 1 is 0.952 bits per heavy atom. The van der Waals surface area contributed by atoms with Crippen LogP contribution in [-0.4, -0.2) is 68.1 Å². The Hall–Kier alpha value is -3.94. The molecule has 0 bridgehead atoms. The lowest BCUT2D eigenvalue weighted by Gasteiger charge is -2.48. The van der Waals surface area contributed by atoms with E-state index in [0.717, 1.165) is 17.0 Å². The number of rotatable bonds is 9. The molecule has 0 aliphatic carbocycles. The van der Waals surface area contributed by atoms with Crippen LogP contribution in [0.4, 0.5) is 14.5 Å². The van der Waals surface area contributed by atoms with Crippen molar-refractivity contribution in [1.29, 1.82) is 0 Å². The van der Waals surface area contributed by atoms with Gasteiger partial charge >= 0.3 is 5.97 Å². The Labute approximate surface area is 244 Å². The number of ether oxygens (including phenoxy) is 2. The van der Waals surface area contributed by atoms with Gasteiger partial charge in [-0.15, -0.1) is 0 Å². The van der Waals surface area contributed by atoms with Crippen LogP contribution in [0.1, 0.15) is 41.6 Å². The second-order valence-corrected chi connectivity index (χ2v) is 10.0. The number of phenolic OH excluding ortho intramolecular Hbond substituents is 1. The summed E-state index contributed by atoms with van der Waals surface area (Å²) in [4.78, 5) is 26.3. The number of phenols is 1. The molecule has 5 rings (SSSR count). The van der Waals surface area contributed by atoms with E-state index in [4.69, 9.17) is 15.0 Å². The minimum atomic E-state index is -1.97. The van der Waals surface area contributed by atoms with Crippen LogP contribution in [0, 0.1) is 17.6 Å². The van der Waals surface area contributed by atoms with Crippen LogP contribution in [0.3, 0.4) is 0 Å². The lowest BCUT2D eigenvalue weighted by Crippen LogP contribution is -2.60. The van der Waals surface area contributed by atoms with Crippen molar-refractivity contribution in [3.8, 4) is 5.75 Å². The first-order chi connectivity index (χ1) is 21.7. The zero-order valence-electron chi connectivity index (χ0n) is 25.7. The number of carboxylic acids is 1. The molecule has 0 unspecified atom stereocenters. The number of hydrogen-bond donors (Lipinski definition) is 5. The Balaban J connectivity index is 1.47. The number of β-lactam (4-membered cyclic amide) rings is 1. The Bertz CT molecular complexity index is 1600. The maximum Gasteiger partial charge on any atom is 0.335 e. The fraction of sp³-hybridized carbons (Fsp3) is 0.333. The molecule has 10 nitrogen and oxygen atoms in total. The molecule has 8 atom stereocenters. The molecule has 5 N–H and O–H groups in total. The van der Waals surface area contributed by atoms with Crippen LogP contribution in [0.15, 0.2) is 72.7 Å². The van der Waals surface area contributed by atoms with Crippen LogP contribution in [-0.2, 0) is 19.1 Å². The Morgan fingerprint density at radius 2 is 1.60 bits per heavy atom. The molecule has 2 fully saturated rings. The number of carbonyl (C=O) groups is 2. The largest absolute Gasteiger partial charge is 0.508 e. The molecule has 0 aromatic heterocycles. The number of halogens is 2. The Morgan fingerprint density at radius 3 is 2.21 bits per heavy atom. The van der Waals surface area contributed by atoms with Gasteiger partial charge in [0, 0.05) is 5.69 Å². The van der Waals surface area contributed by atoms with Crippen LogP contribution in [0.5, 0.6) is 5.75 Å². The van der Waals surface area contributed by atoms with Crippen molar-refractivity contribution in [1.82, 2.24) is 0 Å². The van der Waals surface area contributed by atoms with E-state index < -0.39 is 102 Å². The summed E-state index contributed by atoms with van der Waals surface area (Å²) in [5.74, 6) is -5.22. The number of benzene rings is 3. The number of aliphatic hydroxyl groups excluding tert-OH is 3. The van der Waals surface area contributed by atoms with Crippen molar-refractivity contribution in [2.24, 2.45) is 5.92 Å². The second-order valence-electron chi connectivity index (χ2n) is 10.0. The third-order valence-electron chi connectivity index (χ3n) is 7.36. The summed E-state index contributed by atoms with van der Waals surface area (Å²) >= 11 is 0. The summed E-state index contributed by atoms with van der Waals surface area (Å²) < 4.78 is 71.6. The number of hydrogen-bond acceptors (Lipinski definition) is 8. The number of nitrogens with zero attached hydrogens (tertiary/aromatic N) is 1. The van der Waals surface area contributed by atoms with E-state index in [-0.39, 0.29) is 18.6 Å². The van der Waals surface area contributed by atoms with Gasteiger partial charge < -0.3 is 39.9 Å². The van der Waals surface area contributed by atoms with Crippen molar-refractivity contribution in [2.75, 3.05) is 4.90 Å². The highest BCUT2D eigenvalue weighted by Crippen LogP contribution is 2.47. The molecule has 1 amide bonds. The average Bonchev–Trinajstić information content (AvgIpc) is 3.03. The van der Waals surface area contributed by atoms with Gasteiger partial charge in [0.15, 0.2) is 12.4 Å². The molecule has 2 saturated heterocycles. The summed E-state index contributed by atoms with van der Waals surface area (Å²) in [5, 5.41) is 50.1. The average molecular weight is 590 g/mol. The van der Waals surface area contributed by atoms with Crippen molar-refractivity contribution in [2.45, 2.75) is 55.7 Å². The summed E-state index contributed by atoms with van der Waals surface area (Å²) in [6, 6.07) is 6.26. The molecule has 0 spiro atoms. The van der Waals surface area contributed by atoms with Crippen molar-refractivity contribution < 1.29 is 58.9 Å². The number of aromatic hydroxyl groups is 1. The number of carboxylic acid groups (broad SMARTS) is 1. The van der Waals surface area contributed by atoms with Gasteiger partial charge in [-0.05, 0) is 72.4 Å². The van der Waals surface area contributed by atoms with Gasteiger partial charge in [-0.1, -0.05) is 24.3 Å². The van der Waals surface area contributed by atoms with Crippen molar-refractivity contribution >= 4 is 17.6 Å². The zero-order valence-corrected chi connectivity index (χ0v) is 21.7. The van der Waals surface area contributed by atoms with Crippen molar-refractivity contribution in [3.63, 3.8) is 0 Å². The molecule has 0 radical (unpaired) electrons. The maximum absolute atomic E-state index is 14.3. The van der Waals surface area contributed by atoms with E-state index in [1.165, 1.54) is 36.4 Å². The molecule has 2 heterocycles. The minimum Gasteiger partial charge on any atom is -0.508 e. The monoisotopic (exact) mass is 589 g/mol. The number of aliphatic carboxylic acids is 1. The fourth-order valence-electron chi connectivity index (χ4n) is 5.19. The molecule has 222 valence electrons. The molecule has 12 heteroatoms. The number of carbonyl (C=O) groups excluding carboxylic acids is 1. The van der Waals surface area contributed by atoms with Crippen LogP contribution in [0.2, 0.25) is 0 Å². The van der Waals surface area contributed by atoms with Gasteiger partial charge in [-0.25, -0.2) is 13.6 Å². The quantitative estimate of drug-likeness (QED) is 0.237. The lowest BCUT2D eigenvalue weighted by atomic mass is 9.78. The minimum absolute atomic E-state index is 0.0113. The molecular formula is C30H29F2NO9. The summed E-state index contributed by atoms with van der Waals surface area (Å²) in [6.45, 7) is 0. The molecule has 42 heavy (non-hydrogen) atoms. The first kappa shape index (κ1) is 24.6. The van der Waals surface area contributed by atoms with Crippen LogP contribution in [0.25, 0.3) is 0 Å². The lowest BCUT2D eigenvalue weighted by molar-refractivity contribution is -0.306. The smallest absolute Gasteiger partial charge is 0.335 e. The fourth-order valence-corrected chi connectivity index (χ4v) is 5.19. The van der Waals surface area contributed by atoms with Gasteiger partial charge in [0.25, 0.3) is 0 Å². The van der Waals surface area contributed by atoms with Crippen molar-refractivity contribution in [3.05, 3.63) is 95.5 Å². The summed E-state index contributed by atoms with van der Waals surface area (Å²) in [5.41, 5.74) is 0.330. The summed E-state index contributed by atoms with van der Waals surface area (Å²) in [6.07, 6.45) is -10.7. The second kappa shape index (κ2) is 12.1. The predicted molar refractivity (Wildman–Crippen MR) is 142 cm³/mol. The predicted octanol–water partition coefficient (Wildman–Crippen LogP) is 2.80. The molecule has 2 aliphatic heterocycles. The van der Waals surface area contributed by atoms with Gasteiger partial charge in [0.2, 0.25) is 5.91 Å². The number of aliphatic hydroxyl groups is 3. The zero-order chi connectivity index (χ0) is 33.6. The van der Waals surface area contributed by atoms with E-state index in [0.29, 0.717) is 11.1 Å². The third kappa shape index (κ3) is 5.85. The highest BCUT2D eigenvalue weighted by atomic mass is 19.1. The van der Waals surface area contributed by atoms with E-state index in [2.05, 4.69) is 0 Å². The third-order valence-corrected chi connectivity index (χ3v) is 7.36. The number of anilines is 1. The highest BCUT2D eigenvalue weighted by molar-refractivity contribution is 6.03. The van der Waals surface area contributed by atoms with E-state index in [9.17, 15) is 43.9 Å². The van der Waals surface area contributed by atoms with Crippen LogP contribution < -0.4 is 4.90 Å². The SMILES string of the molecule is [2H]c1c([2H])c(N2C(=O)[C@H](CC[C@H](O[C@@H]3O[C@H](C(=O)O)[C@@H](O)[C@H](O)[C@H]3O)c3ccc(F)cc3)[C@H]2c2ccc(O)cc2)c([2H])c([2H])c1F. The van der Waals surface area contributed by atoms with Gasteiger partial charge in [-0.2, -0.15) is 0 Å². The summed E-state index contributed by atoms with van der Waals surface area (Å²) in [7, 11) is 0. The highest BCUT2D eigenvalue weighted by Gasteiger charge is 2.50. The standard InChI is InChI=1S/C30H29F2NO9/c31-17-5-1-15(2-6-17)22(41-30-26(37)24(35)25(36)27(42-30)29(39)40)14-13-21-23(16-3-11-20(34)12-4-16)33(28(21)38)19-9-7-18(32)8-10-19/h1-12,21-27,30,34-37H,13-14H2,(H,39,40)/t21-,22+,23-,24+,25+,26-,27+,30-/m1/s1/i7D,8D,9D,10D. The van der Waals surface area contributed by atoms with E-state index >= 15 is 0 Å². The molecule has 3 aromatic rings. The topological polar surface area (TPSA) is 157 Å². The molecule has 2 aliphatic rings. The normalized spacial score (nSPS) is 29.6. The van der Waals surface area contributed by atoms with Gasteiger partial charge in [0.05, 0.1) is 23.5 Å². The van der Waals surface area contributed by atoms with E-state index in [1.807, 2.05) is 0 Å². The molecule has 0 saturated carbocycles. The van der Waals surface area contributed by atoms with E-state index in [1.54, 1.807) is 0 Å². The first-order valence-corrected chi connectivity index (χ1v) is 12.9. The molecular weight excluding hydrogens is 556 g/mol. The molecule has 3 aromatic carbocycles. The van der Waals surface area contributed by atoms with Gasteiger partial charge in [0.1, 0.15) is 35.7 Å². The first-order valence-electron chi connectivity index (χ1n) is 14.9. The maximum atomic E-state index is 14.3. The Kier molecular flexibility index (Phi) is 7.11. The van der Waals surface area contributed by atoms with Crippen LogP contribution >= 0.6 is 0 Å². The number of amides is 1. The van der Waals surface area contributed by atoms with Gasteiger partial charge in [-0.3, -0.25) is 4.79 Å².